The van der Waals surface area contributed by atoms with Crippen LogP contribution in [0.2, 0.25) is 5.02 Å². The normalized spacial score (nSPS) is 21.8. The second-order valence-electron chi connectivity index (χ2n) is 4.97. The van der Waals surface area contributed by atoms with Crippen LogP contribution in [-0.4, -0.2) is 17.5 Å². The molecular formula is C15H22ClNS. The largest absolute Gasteiger partial charge is 0.306 e. The first kappa shape index (κ1) is 14.2. The first-order chi connectivity index (χ1) is 8.79. The Labute approximate surface area is 120 Å². The molecule has 1 aliphatic heterocycles. The molecule has 2 unspecified atom stereocenters. The van der Waals surface area contributed by atoms with Gasteiger partial charge in [-0.15, -0.1) is 0 Å². The maximum absolute atomic E-state index is 5.96. The van der Waals surface area contributed by atoms with E-state index in [1.807, 2.05) is 12.1 Å². The predicted octanol–water partition coefficient (Wildman–Crippen LogP) is 4.67. The Kier molecular flexibility index (Phi) is 5.87. The van der Waals surface area contributed by atoms with Crippen LogP contribution in [0, 0.1) is 0 Å². The molecule has 1 aromatic carbocycles. The lowest BCUT2D eigenvalue weighted by Gasteiger charge is -2.28. The summed E-state index contributed by atoms with van der Waals surface area (Å²) in [5.74, 6) is 2.59. The van der Waals surface area contributed by atoms with E-state index >= 15 is 0 Å². The molecular weight excluding hydrogens is 262 g/mol. The second kappa shape index (κ2) is 7.42. The van der Waals surface area contributed by atoms with Crippen LogP contribution in [0.15, 0.2) is 24.3 Å². The molecule has 1 nitrogen and oxygen atoms in total. The standard InChI is InChI=1S/C15H22ClNS/c1-2-4-15(12-6-8-13(16)9-7-12)17-14-5-3-10-18-11-14/h6-9,14-15,17H,2-5,10-11H2,1H3. The smallest absolute Gasteiger partial charge is 0.0406 e. The zero-order valence-electron chi connectivity index (χ0n) is 11.0. The van der Waals surface area contributed by atoms with E-state index < -0.39 is 0 Å². The van der Waals surface area contributed by atoms with Gasteiger partial charge in [0.1, 0.15) is 0 Å². The van der Waals surface area contributed by atoms with Gasteiger partial charge in [-0.25, -0.2) is 0 Å². The fraction of sp³-hybridized carbons (Fsp3) is 0.600. The number of thioether (sulfide) groups is 1. The van der Waals surface area contributed by atoms with Crippen molar-refractivity contribution in [3.05, 3.63) is 34.9 Å². The van der Waals surface area contributed by atoms with Gasteiger partial charge < -0.3 is 5.32 Å². The third-order valence-corrected chi connectivity index (χ3v) is 4.91. The van der Waals surface area contributed by atoms with Gasteiger partial charge in [0, 0.05) is 22.9 Å². The molecule has 1 aromatic rings. The maximum Gasteiger partial charge on any atom is 0.0406 e. The highest BCUT2D eigenvalue weighted by atomic mass is 35.5. The summed E-state index contributed by atoms with van der Waals surface area (Å²) >= 11 is 8.04. The number of rotatable bonds is 5. The molecule has 0 saturated carbocycles. The molecule has 0 radical (unpaired) electrons. The maximum atomic E-state index is 5.96. The monoisotopic (exact) mass is 283 g/mol. The minimum Gasteiger partial charge on any atom is -0.306 e. The van der Waals surface area contributed by atoms with Gasteiger partial charge >= 0.3 is 0 Å². The highest BCUT2D eigenvalue weighted by Crippen LogP contribution is 2.24. The molecule has 1 saturated heterocycles. The molecule has 18 heavy (non-hydrogen) atoms. The lowest BCUT2D eigenvalue weighted by atomic mass is 10.0. The summed E-state index contributed by atoms with van der Waals surface area (Å²) in [6.07, 6.45) is 5.07. The Hall–Kier alpha value is -0.180. The lowest BCUT2D eigenvalue weighted by Crippen LogP contribution is -2.36. The van der Waals surface area contributed by atoms with Gasteiger partial charge in [-0.05, 0) is 42.7 Å². The lowest BCUT2D eigenvalue weighted by molar-refractivity contribution is 0.412. The summed E-state index contributed by atoms with van der Waals surface area (Å²) in [5.41, 5.74) is 1.37. The van der Waals surface area contributed by atoms with Gasteiger partial charge in [0.05, 0.1) is 0 Å². The molecule has 1 N–H and O–H groups in total. The van der Waals surface area contributed by atoms with E-state index in [0.717, 1.165) is 5.02 Å². The number of halogens is 1. The highest BCUT2D eigenvalue weighted by Gasteiger charge is 2.18. The highest BCUT2D eigenvalue weighted by molar-refractivity contribution is 7.99. The topological polar surface area (TPSA) is 12.0 Å². The first-order valence-electron chi connectivity index (χ1n) is 6.89. The average Bonchev–Trinajstić information content (AvgIpc) is 2.40. The van der Waals surface area contributed by atoms with Crippen molar-refractivity contribution < 1.29 is 0 Å². The first-order valence-corrected chi connectivity index (χ1v) is 8.42. The van der Waals surface area contributed by atoms with Crippen LogP contribution in [0.3, 0.4) is 0 Å². The van der Waals surface area contributed by atoms with E-state index in [1.165, 1.54) is 42.8 Å². The summed E-state index contributed by atoms with van der Waals surface area (Å²) in [6.45, 7) is 2.25. The molecule has 1 aliphatic rings. The third-order valence-electron chi connectivity index (χ3n) is 3.45. The molecule has 0 aromatic heterocycles. The van der Waals surface area contributed by atoms with Crippen LogP contribution in [0.1, 0.15) is 44.2 Å². The van der Waals surface area contributed by atoms with Crippen LogP contribution in [0.4, 0.5) is 0 Å². The van der Waals surface area contributed by atoms with Crippen LogP contribution in [-0.2, 0) is 0 Å². The summed E-state index contributed by atoms with van der Waals surface area (Å²) in [4.78, 5) is 0. The molecule has 2 atom stereocenters. The van der Waals surface area contributed by atoms with E-state index in [-0.39, 0.29) is 0 Å². The summed E-state index contributed by atoms with van der Waals surface area (Å²) in [5, 5.41) is 4.65. The molecule has 1 heterocycles. The van der Waals surface area contributed by atoms with E-state index in [1.54, 1.807) is 0 Å². The minimum atomic E-state index is 0.482. The minimum absolute atomic E-state index is 0.482. The number of nitrogens with one attached hydrogen (secondary N) is 1. The molecule has 3 heteroatoms. The van der Waals surface area contributed by atoms with Crippen molar-refractivity contribution in [3.63, 3.8) is 0 Å². The second-order valence-corrected chi connectivity index (χ2v) is 6.56. The zero-order chi connectivity index (χ0) is 12.8. The third kappa shape index (κ3) is 4.18. The molecule has 0 spiro atoms. The van der Waals surface area contributed by atoms with Gasteiger partial charge in [0.2, 0.25) is 0 Å². The van der Waals surface area contributed by atoms with E-state index in [4.69, 9.17) is 11.6 Å². The van der Waals surface area contributed by atoms with E-state index in [0.29, 0.717) is 12.1 Å². The van der Waals surface area contributed by atoms with Gasteiger partial charge in [-0.3, -0.25) is 0 Å². The van der Waals surface area contributed by atoms with Crippen molar-refractivity contribution in [3.8, 4) is 0 Å². The fourth-order valence-corrected chi connectivity index (χ4v) is 3.70. The van der Waals surface area contributed by atoms with Crippen LogP contribution < -0.4 is 5.32 Å². The van der Waals surface area contributed by atoms with E-state index in [9.17, 15) is 0 Å². The van der Waals surface area contributed by atoms with Crippen molar-refractivity contribution in [1.82, 2.24) is 5.32 Å². The van der Waals surface area contributed by atoms with Gasteiger partial charge in [-0.2, -0.15) is 11.8 Å². The van der Waals surface area contributed by atoms with Crippen molar-refractivity contribution in [1.29, 1.82) is 0 Å². The van der Waals surface area contributed by atoms with Crippen molar-refractivity contribution in [2.24, 2.45) is 0 Å². The summed E-state index contributed by atoms with van der Waals surface area (Å²) < 4.78 is 0. The Bertz CT molecular complexity index is 346. The fourth-order valence-electron chi connectivity index (χ4n) is 2.49. The van der Waals surface area contributed by atoms with Crippen molar-refractivity contribution in [2.45, 2.75) is 44.7 Å². The molecule has 0 bridgehead atoms. The Morgan fingerprint density at radius 2 is 2.17 bits per heavy atom. The molecule has 0 aliphatic carbocycles. The zero-order valence-corrected chi connectivity index (χ0v) is 12.6. The quantitative estimate of drug-likeness (QED) is 0.843. The van der Waals surface area contributed by atoms with Crippen molar-refractivity contribution in [2.75, 3.05) is 11.5 Å². The number of benzene rings is 1. The van der Waals surface area contributed by atoms with Crippen LogP contribution in [0.25, 0.3) is 0 Å². The average molecular weight is 284 g/mol. The molecule has 2 rings (SSSR count). The Morgan fingerprint density at radius 1 is 1.39 bits per heavy atom. The summed E-state index contributed by atoms with van der Waals surface area (Å²) in [7, 11) is 0. The molecule has 1 fully saturated rings. The van der Waals surface area contributed by atoms with Crippen LogP contribution >= 0.6 is 23.4 Å². The molecule has 100 valence electrons. The van der Waals surface area contributed by atoms with Gasteiger partial charge in [0.25, 0.3) is 0 Å². The summed E-state index contributed by atoms with van der Waals surface area (Å²) in [6, 6.07) is 9.47. The SMILES string of the molecule is CCCC(NC1CCCSC1)c1ccc(Cl)cc1. The van der Waals surface area contributed by atoms with Gasteiger partial charge in [0.15, 0.2) is 0 Å². The molecule has 0 amide bonds. The Balaban J connectivity index is 2.00. The van der Waals surface area contributed by atoms with Gasteiger partial charge in [-0.1, -0.05) is 37.1 Å². The Morgan fingerprint density at radius 3 is 2.78 bits per heavy atom. The van der Waals surface area contributed by atoms with E-state index in [2.05, 4.69) is 36.1 Å². The number of hydrogen-bond acceptors (Lipinski definition) is 2. The van der Waals surface area contributed by atoms with Crippen LogP contribution in [0.5, 0.6) is 0 Å². The number of hydrogen-bond donors (Lipinski definition) is 1. The van der Waals surface area contributed by atoms with Crippen molar-refractivity contribution >= 4 is 23.4 Å². The predicted molar refractivity (Wildman–Crippen MR) is 82.6 cm³/mol.